The van der Waals surface area contributed by atoms with Crippen molar-refractivity contribution in [3.05, 3.63) is 195 Å². The molecule has 1 aliphatic carbocycles. The van der Waals surface area contributed by atoms with E-state index in [0.717, 1.165) is 71.0 Å². The molecule has 9 heterocycles. The lowest BCUT2D eigenvalue weighted by molar-refractivity contribution is -0.292. The van der Waals surface area contributed by atoms with Gasteiger partial charge in [0.15, 0.2) is 5.78 Å². The maximum Gasteiger partial charge on any atom is 0.459 e. The molecule has 560 valence electrons. The van der Waals surface area contributed by atoms with Crippen LogP contribution in [0.25, 0.3) is 0 Å². The summed E-state index contributed by atoms with van der Waals surface area (Å²) in [4.78, 5) is 63.0. The molecular formula is C75H86ClF9N10O8S. The molecule has 18 nitrogen and oxygen atoms in total. The average molecular weight is 1490 g/mol. The number of rotatable bonds is 13. The van der Waals surface area contributed by atoms with Crippen LogP contribution in [-0.2, 0) is 65.0 Å². The Kier molecular flexibility index (Phi) is 21.3. The summed E-state index contributed by atoms with van der Waals surface area (Å²) < 4.78 is 166. The van der Waals surface area contributed by atoms with Crippen molar-refractivity contribution < 1.29 is 78.0 Å². The molecular weight excluding hydrogens is 1410 g/mol. The molecule has 3 amide bonds. The van der Waals surface area contributed by atoms with Crippen molar-refractivity contribution in [2.45, 2.75) is 150 Å². The van der Waals surface area contributed by atoms with Gasteiger partial charge in [-0.05, 0) is 183 Å². The summed E-state index contributed by atoms with van der Waals surface area (Å²) in [5, 5.41) is 0.320. The van der Waals surface area contributed by atoms with Gasteiger partial charge in [0.05, 0.1) is 49.7 Å². The van der Waals surface area contributed by atoms with Gasteiger partial charge in [0.1, 0.15) is 29.6 Å². The summed E-state index contributed by atoms with van der Waals surface area (Å²) in [5.74, 6) is -4.85. The van der Waals surface area contributed by atoms with E-state index in [1.807, 2.05) is 96.3 Å². The fourth-order valence-corrected chi connectivity index (χ4v) is 17.3. The number of sulfonamides is 1. The van der Waals surface area contributed by atoms with Gasteiger partial charge in [0.25, 0.3) is 17.7 Å². The number of piperidine rings is 3. The average Bonchev–Trinajstić information content (AvgIpc) is 1.63. The van der Waals surface area contributed by atoms with Gasteiger partial charge < -0.3 is 37.9 Å². The highest BCUT2D eigenvalue weighted by molar-refractivity contribution is 7.89. The third kappa shape index (κ3) is 14.8. The standard InChI is InChI=1S/C28H31N3O3.C24H27ClF5N3O2.C23H26F4N4O3S.H2/c1-21(32)25-12-13-26-28(29(2)18-19-31(25)26)14-16-30(17-15-28)27(33)23-10-8-22(9-11-23)20-34-24-6-4-3-5-7-24;1-15(2)35-18-5-4-16(14-17(18)25)21(34)32-10-8-22(9-11-32)19-6-7-20(23(26,27)24(28,29)30)33(19)13-12-31(22)3;1-29-12-13-31-19(23(25,26)27)14-18(24)20(31)22(29)8-10-30(11-9-22)21(32)15-2-6-17(7-3-15)35(33,34)28-16-4-5-16;/h3-13H,14-20H2,1-2H3;4-7,14-15H,8-13H2,1-3H3;2-3,6-7,14,16,28H,4-5,8-13H2,1H3;1H. The molecule has 7 aliphatic rings. The number of amides is 3. The van der Waals surface area contributed by atoms with Crippen LogP contribution in [0.1, 0.15) is 149 Å². The van der Waals surface area contributed by atoms with Crippen molar-refractivity contribution in [3.8, 4) is 11.5 Å². The summed E-state index contributed by atoms with van der Waals surface area (Å²) in [6.07, 6.45) is -5.68. The van der Waals surface area contributed by atoms with E-state index in [2.05, 4.69) is 27.3 Å². The van der Waals surface area contributed by atoms with E-state index in [1.54, 1.807) is 42.0 Å². The van der Waals surface area contributed by atoms with E-state index in [4.69, 9.17) is 21.1 Å². The Labute approximate surface area is 604 Å². The van der Waals surface area contributed by atoms with Crippen molar-refractivity contribution in [2.75, 3.05) is 80.0 Å². The van der Waals surface area contributed by atoms with Crippen LogP contribution in [0.5, 0.6) is 11.5 Å². The van der Waals surface area contributed by atoms with Crippen LogP contribution < -0.4 is 14.2 Å². The van der Waals surface area contributed by atoms with Gasteiger partial charge in [0.2, 0.25) is 10.0 Å². The highest BCUT2D eigenvalue weighted by Crippen LogP contribution is 2.50. The quantitative estimate of drug-likeness (QED) is 0.0862. The maximum atomic E-state index is 14.9. The van der Waals surface area contributed by atoms with E-state index in [1.165, 1.54) is 36.0 Å². The minimum absolute atomic E-state index is 0. The normalized spacial score (nSPS) is 19.0. The highest BCUT2D eigenvalue weighted by atomic mass is 35.5. The lowest BCUT2D eigenvalue weighted by Crippen LogP contribution is -2.57. The summed E-state index contributed by atoms with van der Waals surface area (Å²) >= 11 is 6.27. The molecule has 7 aromatic rings. The number of Topliss-reactive ketones (excluding diaryl/α,β-unsaturated/α-hetero) is 1. The number of hydrogen-bond donors (Lipinski definition) is 1. The van der Waals surface area contributed by atoms with Crippen LogP contribution in [0.15, 0.2) is 132 Å². The Morgan fingerprint density at radius 1 is 0.567 bits per heavy atom. The Morgan fingerprint density at radius 2 is 1.04 bits per heavy atom. The Morgan fingerprint density at radius 3 is 1.54 bits per heavy atom. The van der Waals surface area contributed by atoms with Crippen molar-refractivity contribution in [3.63, 3.8) is 0 Å². The van der Waals surface area contributed by atoms with Crippen LogP contribution >= 0.6 is 11.6 Å². The maximum absolute atomic E-state index is 14.9. The SMILES string of the molecule is CC(=O)c1ccc2n1CCN(C)C21CCN(C(=O)c2ccc(COc3ccccc3)cc2)CC1.CC(C)Oc1ccc(C(=O)N2CCC3(CC2)c2ccc(C(F)(F)C(F)(F)F)n2CCN3C)cc1Cl.CN1CCn2c(C(F)(F)F)cc(F)c2C12CCN(C(=O)c1ccc(S(=O)(=O)NC3CC3)cc1)CC2.[HH]. The highest BCUT2D eigenvalue weighted by Gasteiger charge is 2.61. The van der Waals surface area contributed by atoms with Gasteiger partial charge in [-0.1, -0.05) is 41.9 Å². The lowest BCUT2D eigenvalue weighted by Gasteiger charge is -2.50. The third-order valence-electron chi connectivity index (χ3n) is 21.7. The summed E-state index contributed by atoms with van der Waals surface area (Å²) in [5.41, 5.74) is 1.09. The number of aromatic nitrogens is 3. The molecule has 29 heteroatoms. The predicted molar refractivity (Wildman–Crippen MR) is 373 cm³/mol. The zero-order valence-corrected chi connectivity index (χ0v) is 60.2. The van der Waals surface area contributed by atoms with E-state index in [0.29, 0.717) is 97.9 Å². The molecule has 104 heavy (non-hydrogen) atoms. The number of likely N-dealkylation sites (N-methyl/N-ethyl adjacent to an activating group) is 3. The molecule has 3 saturated heterocycles. The van der Waals surface area contributed by atoms with E-state index in [9.17, 15) is 67.1 Å². The molecule has 3 aromatic heterocycles. The second-order valence-electron chi connectivity index (χ2n) is 28.3. The fourth-order valence-electron chi connectivity index (χ4n) is 15.7. The number of hydrogen-bond acceptors (Lipinski definition) is 11. The number of benzene rings is 4. The number of alkyl halides is 8. The molecule has 0 unspecified atom stereocenters. The van der Waals surface area contributed by atoms with Gasteiger partial charge in [-0.15, -0.1) is 0 Å². The molecule has 1 N–H and O–H groups in total. The monoisotopic (exact) mass is 1490 g/mol. The summed E-state index contributed by atoms with van der Waals surface area (Å²) in [6, 6.07) is 34.8. The van der Waals surface area contributed by atoms with Crippen molar-refractivity contribution in [1.29, 1.82) is 0 Å². The molecule has 0 radical (unpaired) electrons. The van der Waals surface area contributed by atoms with Gasteiger partial charge in [-0.25, -0.2) is 17.5 Å². The molecule has 0 atom stereocenters. The van der Waals surface area contributed by atoms with E-state index in [-0.39, 0.29) is 92.2 Å². The number of nitrogens with zero attached hydrogens (tertiary/aromatic N) is 9. The van der Waals surface area contributed by atoms with Gasteiger partial charge in [-0.2, -0.15) is 35.1 Å². The van der Waals surface area contributed by atoms with Crippen molar-refractivity contribution in [2.24, 2.45) is 0 Å². The number of ether oxygens (including phenoxy) is 2. The number of nitrogens with one attached hydrogen (secondary N) is 1. The molecule has 4 aromatic carbocycles. The number of halogens is 10. The minimum Gasteiger partial charge on any atom is -0.489 e. The Hall–Kier alpha value is -8.15. The summed E-state index contributed by atoms with van der Waals surface area (Å²) in [6.45, 7) is 10.8. The first-order valence-electron chi connectivity index (χ1n) is 34.9. The van der Waals surface area contributed by atoms with Crippen LogP contribution in [0.4, 0.5) is 39.5 Å². The zero-order chi connectivity index (χ0) is 74.6. The zero-order valence-electron chi connectivity index (χ0n) is 58.6. The van der Waals surface area contributed by atoms with Gasteiger partial charge in [0, 0.05) is 127 Å². The van der Waals surface area contributed by atoms with E-state index < -0.39 is 56.6 Å². The minimum atomic E-state index is -5.68. The van der Waals surface area contributed by atoms with Crippen molar-refractivity contribution in [1.82, 2.24) is 47.8 Å². The first-order valence-corrected chi connectivity index (χ1v) is 36.7. The van der Waals surface area contributed by atoms with Crippen LogP contribution in [-0.4, -0.2) is 173 Å². The molecule has 14 rings (SSSR count). The molecule has 6 aliphatic heterocycles. The second-order valence-corrected chi connectivity index (χ2v) is 30.4. The van der Waals surface area contributed by atoms with Crippen LogP contribution in [0.3, 0.4) is 0 Å². The third-order valence-corrected chi connectivity index (χ3v) is 23.6. The van der Waals surface area contributed by atoms with Gasteiger partial charge in [-0.3, -0.25) is 33.9 Å². The number of carbonyl (C=O) groups is 4. The Balaban J connectivity index is 0.000000157. The number of likely N-dealkylation sites (tertiary alicyclic amines) is 3. The lowest BCUT2D eigenvalue weighted by atomic mass is 9.81. The van der Waals surface area contributed by atoms with Crippen LogP contribution in [0.2, 0.25) is 5.02 Å². The fraction of sp³-hybridized carbons (Fsp3) is 0.467. The summed E-state index contributed by atoms with van der Waals surface area (Å²) in [7, 11) is 2.15. The van der Waals surface area contributed by atoms with E-state index >= 15 is 0 Å². The van der Waals surface area contributed by atoms with Crippen molar-refractivity contribution >= 4 is 45.1 Å². The first-order chi connectivity index (χ1) is 49.2. The number of fused-ring (bicyclic) bond motifs is 6. The van der Waals surface area contributed by atoms with Crippen LogP contribution in [0, 0.1) is 5.82 Å². The largest absolute Gasteiger partial charge is 0.489 e. The number of carbonyl (C=O) groups excluding carboxylic acids is 4. The second kappa shape index (κ2) is 29.3. The Bertz CT molecular complexity index is 4430. The first kappa shape index (κ1) is 75.5. The molecule has 3 spiro atoms. The molecule has 1 saturated carbocycles. The number of ketones is 1. The van der Waals surface area contributed by atoms with Gasteiger partial charge >= 0.3 is 18.3 Å². The molecule has 0 bridgehead atoms. The number of para-hydroxylation sites is 1. The predicted octanol–water partition coefficient (Wildman–Crippen LogP) is 13.4. The smallest absolute Gasteiger partial charge is 0.459 e. The topological polar surface area (TPSA) is 167 Å². The molecule has 4 fully saturated rings.